The summed E-state index contributed by atoms with van der Waals surface area (Å²) in [7, 11) is 0. The molecular weight excluding hydrogens is 378 g/mol. The van der Waals surface area contributed by atoms with Crippen molar-refractivity contribution in [3.8, 4) is 23.0 Å². The number of thioether (sulfide) groups is 1. The minimum atomic E-state index is -0.370. The molecule has 8 heteroatoms. The molecular formula is C20H19N3O4S. The summed E-state index contributed by atoms with van der Waals surface area (Å²) < 4.78 is 16.4. The van der Waals surface area contributed by atoms with E-state index in [9.17, 15) is 4.79 Å². The average Bonchev–Trinajstić information content (AvgIpc) is 3.38. The lowest BCUT2D eigenvalue weighted by atomic mass is 10.2. The van der Waals surface area contributed by atoms with E-state index in [0.29, 0.717) is 29.2 Å². The smallest absolute Gasteiger partial charge is 0.277 e. The largest absolute Gasteiger partial charge is 0.454 e. The van der Waals surface area contributed by atoms with Crippen LogP contribution in [0.4, 0.5) is 5.69 Å². The molecule has 1 aromatic heterocycles. The van der Waals surface area contributed by atoms with Crippen LogP contribution in [0.25, 0.3) is 11.5 Å². The van der Waals surface area contributed by atoms with Gasteiger partial charge in [-0.15, -0.1) is 10.2 Å². The van der Waals surface area contributed by atoms with Crippen molar-refractivity contribution < 1.29 is 18.7 Å². The molecule has 0 saturated carbocycles. The van der Waals surface area contributed by atoms with Crippen LogP contribution in [0, 0.1) is 0 Å². The van der Waals surface area contributed by atoms with Crippen molar-refractivity contribution in [3.63, 3.8) is 0 Å². The number of rotatable bonds is 6. The fraction of sp³-hybridized carbons (Fsp3) is 0.250. The van der Waals surface area contributed by atoms with E-state index in [1.807, 2.05) is 50.2 Å². The molecule has 1 amide bonds. The Labute approximate surface area is 166 Å². The number of hydrogen-bond acceptors (Lipinski definition) is 7. The average molecular weight is 397 g/mol. The monoisotopic (exact) mass is 397 g/mol. The molecule has 2 heterocycles. The van der Waals surface area contributed by atoms with E-state index in [0.717, 1.165) is 11.3 Å². The van der Waals surface area contributed by atoms with E-state index in [4.69, 9.17) is 13.9 Å². The Morgan fingerprint density at radius 2 is 1.93 bits per heavy atom. The summed E-state index contributed by atoms with van der Waals surface area (Å²) in [5.74, 6) is 1.70. The number of fused-ring (bicyclic) bond motifs is 1. The number of nitrogens with zero attached hydrogens (tertiary/aromatic N) is 3. The fourth-order valence-electron chi connectivity index (χ4n) is 2.90. The molecule has 4 rings (SSSR count). The number of para-hydroxylation sites is 1. The van der Waals surface area contributed by atoms with Crippen LogP contribution in [0.3, 0.4) is 0 Å². The molecule has 0 saturated heterocycles. The highest BCUT2D eigenvalue weighted by Crippen LogP contribution is 2.36. The fourth-order valence-corrected chi connectivity index (χ4v) is 3.64. The van der Waals surface area contributed by atoms with Gasteiger partial charge < -0.3 is 18.8 Å². The van der Waals surface area contributed by atoms with Crippen LogP contribution in [0.2, 0.25) is 0 Å². The first-order valence-corrected chi connectivity index (χ1v) is 9.80. The van der Waals surface area contributed by atoms with Crippen LogP contribution in [0.1, 0.15) is 13.8 Å². The number of aromatic nitrogens is 2. The zero-order valence-electron chi connectivity index (χ0n) is 15.5. The zero-order valence-corrected chi connectivity index (χ0v) is 16.3. The van der Waals surface area contributed by atoms with E-state index in [-0.39, 0.29) is 18.0 Å². The van der Waals surface area contributed by atoms with Gasteiger partial charge in [0, 0.05) is 17.8 Å². The highest BCUT2D eigenvalue weighted by molar-refractivity contribution is 8.00. The highest BCUT2D eigenvalue weighted by Gasteiger charge is 2.24. The van der Waals surface area contributed by atoms with Gasteiger partial charge in [0.1, 0.15) is 0 Å². The first-order valence-electron chi connectivity index (χ1n) is 8.92. The first kappa shape index (κ1) is 18.4. The third kappa shape index (κ3) is 3.68. The normalized spacial score (nSPS) is 13.4. The third-order valence-electron chi connectivity index (χ3n) is 4.30. The summed E-state index contributed by atoms with van der Waals surface area (Å²) in [4.78, 5) is 14.6. The minimum absolute atomic E-state index is 0.0125. The summed E-state index contributed by atoms with van der Waals surface area (Å²) in [6.07, 6.45) is 0. The SMILES string of the molecule is CCN(C(=O)C(C)Sc1nnc(-c2ccc3c(c2)OCO3)o1)c1ccccc1. The Bertz CT molecular complexity index is 977. The molecule has 1 aliphatic rings. The zero-order chi connectivity index (χ0) is 19.5. The Kier molecular flexibility index (Phi) is 5.21. The minimum Gasteiger partial charge on any atom is -0.454 e. The van der Waals surface area contributed by atoms with Crippen LogP contribution < -0.4 is 14.4 Å². The molecule has 1 unspecified atom stereocenters. The van der Waals surface area contributed by atoms with Crippen molar-refractivity contribution in [2.75, 3.05) is 18.2 Å². The standard InChI is InChI=1S/C20H19N3O4S/c1-3-23(15-7-5-4-6-8-15)19(24)13(2)28-20-22-21-18(27-20)14-9-10-16-17(11-14)26-12-25-16/h4-11,13H,3,12H2,1-2H3. The molecule has 144 valence electrons. The molecule has 1 aliphatic heterocycles. The molecule has 3 aromatic rings. The van der Waals surface area contributed by atoms with Crippen LogP contribution in [-0.4, -0.2) is 34.7 Å². The molecule has 0 fully saturated rings. The second kappa shape index (κ2) is 7.93. The van der Waals surface area contributed by atoms with Gasteiger partial charge in [-0.05, 0) is 44.2 Å². The van der Waals surface area contributed by atoms with E-state index >= 15 is 0 Å². The Balaban J connectivity index is 1.46. The topological polar surface area (TPSA) is 77.7 Å². The van der Waals surface area contributed by atoms with Gasteiger partial charge in [0.15, 0.2) is 11.5 Å². The Hall–Kier alpha value is -3.00. The van der Waals surface area contributed by atoms with Crippen molar-refractivity contribution >= 4 is 23.4 Å². The summed E-state index contributed by atoms with van der Waals surface area (Å²) in [6, 6.07) is 15.0. The van der Waals surface area contributed by atoms with Crippen LogP contribution >= 0.6 is 11.8 Å². The molecule has 7 nitrogen and oxygen atoms in total. The number of anilines is 1. The van der Waals surface area contributed by atoms with Gasteiger partial charge in [-0.2, -0.15) is 0 Å². The molecule has 28 heavy (non-hydrogen) atoms. The Morgan fingerprint density at radius 1 is 1.14 bits per heavy atom. The lowest BCUT2D eigenvalue weighted by Crippen LogP contribution is -2.36. The molecule has 0 aliphatic carbocycles. The Morgan fingerprint density at radius 3 is 2.71 bits per heavy atom. The number of ether oxygens (including phenoxy) is 2. The first-order chi connectivity index (χ1) is 13.7. The van der Waals surface area contributed by atoms with E-state index in [2.05, 4.69) is 10.2 Å². The maximum Gasteiger partial charge on any atom is 0.277 e. The van der Waals surface area contributed by atoms with Crippen LogP contribution in [0.15, 0.2) is 58.2 Å². The molecule has 2 aromatic carbocycles. The lowest BCUT2D eigenvalue weighted by molar-refractivity contribution is -0.117. The number of hydrogen-bond donors (Lipinski definition) is 0. The second-order valence-corrected chi connectivity index (χ2v) is 7.41. The number of amides is 1. The van der Waals surface area contributed by atoms with E-state index < -0.39 is 0 Å². The van der Waals surface area contributed by atoms with Crippen LogP contribution in [0.5, 0.6) is 11.5 Å². The van der Waals surface area contributed by atoms with E-state index in [1.165, 1.54) is 11.8 Å². The van der Waals surface area contributed by atoms with Gasteiger partial charge in [0.05, 0.1) is 5.25 Å². The number of benzene rings is 2. The van der Waals surface area contributed by atoms with Gasteiger partial charge in [-0.25, -0.2) is 0 Å². The number of carbonyl (C=O) groups excluding carboxylic acids is 1. The summed E-state index contributed by atoms with van der Waals surface area (Å²) in [5.41, 5.74) is 1.61. The maximum absolute atomic E-state index is 12.9. The maximum atomic E-state index is 12.9. The highest BCUT2D eigenvalue weighted by atomic mass is 32.2. The van der Waals surface area contributed by atoms with Crippen molar-refractivity contribution in [2.24, 2.45) is 0 Å². The summed E-state index contributed by atoms with van der Waals surface area (Å²) in [5, 5.41) is 8.13. The molecule has 1 atom stereocenters. The van der Waals surface area contributed by atoms with Crippen LogP contribution in [-0.2, 0) is 4.79 Å². The predicted octanol–water partition coefficient (Wildman–Crippen LogP) is 4.00. The van der Waals surface area contributed by atoms with Crippen molar-refractivity contribution in [2.45, 2.75) is 24.3 Å². The third-order valence-corrected chi connectivity index (χ3v) is 5.22. The van der Waals surface area contributed by atoms with Crippen molar-refractivity contribution in [1.29, 1.82) is 0 Å². The van der Waals surface area contributed by atoms with Gasteiger partial charge >= 0.3 is 0 Å². The van der Waals surface area contributed by atoms with E-state index in [1.54, 1.807) is 17.0 Å². The molecule has 0 spiro atoms. The van der Waals surface area contributed by atoms with Crippen molar-refractivity contribution in [1.82, 2.24) is 10.2 Å². The molecule has 0 radical (unpaired) electrons. The van der Waals surface area contributed by atoms with Gasteiger partial charge in [0.2, 0.25) is 18.6 Å². The van der Waals surface area contributed by atoms with Crippen molar-refractivity contribution in [3.05, 3.63) is 48.5 Å². The van der Waals surface area contributed by atoms with Gasteiger partial charge in [-0.1, -0.05) is 30.0 Å². The quantitative estimate of drug-likeness (QED) is 0.582. The van der Waals surface area contributed by atoms with Gasteiger partial charge in [0.25, 0.3) is 5.22 Å². The summed E-state index contributed by atoms with van der Waals surface area (Å²) in [6.45, 7) is 4.58. The number of carbonyl (C=O) groups is 1. The van der Waals surface area contributed by atoms with Gasteiger partial charge in [-0.3, -0.25) is 4.79 Å². The second-order valence-electron chi connectivity index (χ2n) is 6.12. The molecule has 0 N–H and O–H groups in total. The summed E-state index contributed by atoms with van der Waals surface area (Å²) >= 11 is 1.24. The molecule has 0 bridgehead atoms. The predicted molar refractivity (Wildman–Crippen MR) is 106 cm³/mol. The lowest BCUT2D eigenvalue weighted by Gasteiger charge is -2.23.